The predicted octanol–water partition coefficient (Wildman–Crippen LogP) is 8.18. The summed E-state index contributed by atoms with van der Waals surface area (Å²) in [6.07, 6.45) is 5.68. The molecule has 2 rings (SSSR count). The van der Waals surface area contributed by atoms with Crippen LogP contribution < -0.4 is 10.1 Å². The number of carbonyl (C=O) groups is 1. The van der Waals surface area contributed by atoms with Gasteiger partial charge in [-0.2, -0.15) is 0 Å². The molecule has 4 nitrogen and oxygen atoms in total. The molecule has 0 aromatic heterocycles. The molecule has 0 saturated heterocycles. The van der Waals surface area contributed by atoms with Gasteiger partial charge in [0.2, 0.25) is 0 Å². The largest absolute Gasteiger partial charge is 0.488 e. The Morgan fingerprint density at radius 2 is 1.68 bits per heavy atom. The molecule has 0 aliphatic heterocycles. The number of unbranched alkanes of at least 4 members (excludes halogenated alkanes) is 4. The summed E-state index contributed by atoms with van der Waals surface area (Å²) in [5, 5.41) is 3.88. The Hall–Kier alpha value is -1.91. The molecule has 0 aliphatic rings. The van der Waals surface area contributed by atoms with Crippen molar-refractivity contribution in [3.63, 3.8) is 0 Å². The Labute approximate surface area is 196 Å². The van der Waals surface area contributed by atoms with Gasteiger partial charge in [-0.3, -0.25) is 0 Å². The van der Waals surface area contributed by atoms with Crippen LogP contribution in [-0.4, -0.2) is 23.1 Å². The SMILES string of the molecule is CCCCCCCN(Cc1ccc(OC(C)(C)C)cc1)C(=O)Nc1ccc(Cl)cc1Cl. The van der Waals surface area contributed by atoms with Crippen LogP contribution in [0, 0.1) is 0 Å². The fraction of sp³-hybridized carbons (Fsp3) is 0.480. The van der Waals surface area contributed by atoms with E-state index in [2.05, 4.69) is 12.2 Å². The molecule has 0 radical (unpaired) electrons. The molecule has 1 N–H and O–H groups in total. The molecule has 0 unspecified atom stereocenters. The van der Waals surface area contributed by atoms with E-state index in [4.69, 9.17) is 27.9 Å². The number of ether oxygens (including phenoxy) is 1. The zero-order valence-electron chi connectivity index (χ0n) is 19.0. The molecule has 2 aromatic carbocycles. The molecule has 0 heterocycles. The predicted molar refractivity (Wildman–Crippen MR) is 131 cm³/mol. The Balaban J connectivity index is 2.07. The Kier molecular flexibility index (Phi) is 9.98. The molecule has 31 heavy (non-hydrogen) atoms. The molecule has 6 heteroatoms. The lowest BCUT2D eigenvalue weighted by molar-refractivity contribution is 0.131. The van der Waals surface area contributed by atoms with Crippen molar-refractivity contribution in [2.75, 3.05) is 11.9 Å². The lowest BCUT2D eigenvalue weighted by atomic mass is 10.1. The minimum atomic E-state index is -0.246. The van der Waals surface area contributed by atoms with Gasteiger partial charge < -0.3 is 15.0 Å². The van der Waals surface area contributed by atoms with Gasteiger partial charge in [-0.15, -0.1) is 0 Å². The topological polar surface area (TPSA) is 41.6 Å². The number of anilines is 1. The Bertz CT molecular complexity index is 832. The summed E-state index contributed by atoms with van der Waals surface area (Å²) in [6.45, 7) is 9.46. The van der Waals surface area contributed by atoms with Crippen LogP contribution in [0.3, 0.4) is 0 Å². The fourth-order valence-electron chi connectivity index (χ4n) is 3.18. The minimum absolute atomic E-state index is 0.172. The average Bonchev–Trinajstić information content (AvgIpc) is 2.69. The number of amides is 2. The van der Waals surface area contributed by atoms with E-state index in [9.17, 15) is 4.79 Å². The maximum Gasteiger partial charge on any atom is 0.322 e. The monoisotopic (exact) mass is 464 g/mol. The second kappa shape index (κ2) is 12.2. The van der Waals surface area contributed by atoms with Crippen molar-refractivity contribution < 1.29 is 9.53 Å². The molecule has 0 atom stereocenters. The Morgan fingerprint density at radius 1 is 1.00 bits per heavy atom. The number of hydrogen-bond acceptors (Lipinski definition) is 2. The summed E-state index contributed by atoms with van der Waals surface area (Å²) in [6, 6.07) is 12.8. The van der Waals surface area contributed by atoms with Gasteiger partial charge in [-0.05, 0) is 63.1 Å². The van der Waals surface area contributed by atoms with Crippen molar-refractivity contribution in [1.82, 2.24) is 4.90 Å². The van der Waals surface area contributed by atoms with E-state index >= 15 is 0 Å². The number of nitrogens with one attached hydrogen (secondary N) is 1. The summed E-state index contributed by atoms with van der Waals surface area (Å²) in [5.74, 6) is 0.819. The van der Waals surface area contributed by atoms with Crippen LogP contribution in [-0.2, 0) is 6.54 Å². The number of urea groups is 1. The lowest BCUT2D eigenvalue weighted by Crippen LogP contribution is -2.35. The van der Waals surface area contributed by atoms with Gasteiger partial charge in [0.1, 0.15) is 11.4 Å². The molecular weight excluding hydrogens is 431 g/mol. The van der Waals surface area contributed by atoms with E-state index in [0.717, 1.165) is 24.2 Å². The molecule has 2 amide bonds. The Morgan fingerprint density at radius 3 is 2.29 bits per heavy atom. The minimum Gasteiger partial charge on any atom is -0.488 e. The van der Waals surface area contributed by atoms with Gasteiger partial charge in [0.25, 0.3) is 0 Å². The standard InChI is InChI=1S/C25H34Cl2N2O2/c1-5-6-7-8-9-16-29(24(30)28-23-15-12-20(26)17-22(23)27)18-19-10-13-21(14-11-19)31-25(2,3)4/h10-15,17H,5-9,16,18H2,1-4H3,(H,28,30). The van der Waals surface area contributed by atoms with E-state index in [1.807, 2.05) is 49.9 Å². The molecular formula is C25H34Cl2N2O2. The second-order valence-corrected chi connectivity index (χ2v) is 9.59. The van der Waals surface area contributed by atoms with Crippen LogP contribution in [0.2, 0.25) is 10.0 Å². The van der Waals surface area contributed by atoms with Gasteiger partial charge in [0.05, 0.1) is 10.7 Å². The van der Waals surface area contributed by atoms with Crippen molar-refractivity contribution in [3.05, 3.63) is 58.1 Å². The molecule has 0 bridgehead atoms. The van der Waals surface area contributed by atoms with Crippen molar-refractivity contribution in [2.45, 2.75) is 71.9 Å². The molecule has 0 spiro atoms. The zero-order chi connectivity index (χ0) is 22.9. The van der Waals surface area contributed by atoms with E-state index in [0.29, 0.717) is 28.8 Å². The lowest BCUT2D eigenvalue weighted by Gasteiger charge is -2.24. The van der Waals surface area contributed by atoms with Crippen LogP contribution >= 0.6 is 23.2 Å². The maximum atomic E-state index is 13.0. The van der Waals surface area contributed by atoms with Crippen LogP contribution in [0.25, 0.3) is 0 Å². The number of benzene rings is 2. The highest BCUT2D eigenvalue weighted by Crippen LogP contribution is 2.26. The first kappa shape index (κ1) is 25.4. The summed E-state index contributed by atoms with van der Waals surface area (Å²) < 4.78 is 5.89. The molecule has 0 fully saturated rings. The van der Waals surface area contributed by atoms with E-state index in [1.165, 1.54) is 19.3 Å². The summed E-state index contributed by atoms with van der Waals surface area (Å²) in [5.41, 5.74) is 1.36. The third-order valence-corrected chi connectivity index (χ3v) is 5.26. The molecule has 170 valence electrons. The molecule has 2 aromatic rings. The van der Waals surface area contributed by atoms with Crippen LogP contribution in [0.5, 0.6) is 5.75 Å². The van der Waals surface area contributed by atoms with Crippen LogP contribution in [0.4, 0.5) is 10.5 Å². The van der Waals surface area contributed by atoms with Crippen LogP contribution in [0.15, 0.2) is 42.5 Å². The number of nitrogens with zero attached hydrogens (tertiary/aromatic N) is 1. The average molecular weight is 465 g/mol. The highest BCUT2D eigenvalue weighted by Gasteiger charge is 2.16. The smallest absolute Gasteiger partial charge is 0.322 e. The number of halogens is 2. The van der Waals surface area contributed by atoms with Crippen molar-refractivity contribution in [3.8, 4) is 5.75 Å². The maximum absolute atomic E-state index is 13.0. The summed E-state index contributed by atoms with van der Waals surface area (Å²) in [4.78, 5) is 14.9. The second-order valence-electron chi connectivity index (χ2n) is 8.75. The number of carbonyl (C=O) groups excluding carboxylic acids is 1. The fourth-order valence-corrected chi connectivity index (χ4v) is 3.64. The van der Waals surface area contributed by atoms with E-state index < -0.39 is 0 Å². The normalized spacial score (nSPS) is 11.3. The van der Waals surface area contributed by atoms with Gasteiger partial charge in [-0.25, -0.2) is 4.79 Å². The zero-order valence-corrected chi connectivity index (χ0v) is 20.5. The molecule has 0 aliphatic carbocycles. The van der Waals surface area contributed by atoms with Gasteiger partial charge in [0, 0.05) is 18.1 Å². The first-order valence-corrected chi connectivity index (χ1v) is 11.7. The van der Waals surface area contributed by atoms with Gasteiger partial charge >= 0.3 is 6.03 Å². The van der Waals surface area contributed by atoms with Gasteiger partial charge in [0.15, 0.2) is 0 Å². The van der Waals surface area contributed by atoms with E-state index in [1.54, 1.807) is 18.2 Å². The summed E-state index contributed by atoms with van der Waals surface area (Å²) >= 11 is 12.2. The third kappa shape index (κ3) is 9.40. The number of hydrogen-bond donors (Lipinski definition) is 1. The quantitative estimate of drug-likeness (QED) is 0.360. The number of rotatable bonds is 10. The highest BCUT2D eigenvalue weighted by atomic mass is 35.5. The summed E-state index contributed by atoms with van der Waals surface area (Å²) in [7, 11) is 0. The third-order valence-electron chi connectivity index (χ3n) is 4.71. The first-order valence-electron chi connectivity index (χ1n) is 11.0. The van der Waals surface area contributed by atoms with E-state index in [-0.39, 0.29) is 11.6 Å². The van der Waals surface area contributed by atoms with Crippen molar-refractivity contribution in [2.24, 2.45) is 0 Å². The highest BCUT2D eigenvalue weighted by molar-refractivity contribution is 6.36. The molecule has 0 saturated carbocycles. The van der Waals surface area contributed by atoms with Crippen LogP contribution in [0.1, 0.15) is 65.4 Å². The van der Waals surface area contributed by atoms with Crippen molar-refractivity contribution >= 4 is 34.9 Å². The van der Waals surface area contributed by atoms with Gasteiger partial charge in [-0.1, -0.05) is 67.9 Å². The van der Waals surface area contributed by atoms with Crippen molar-refractivity contribution in [1.29, 1.82) is 0 Å². The first-order chi connectivity index (χ1) is 14.7.